The summed E-state index contributed by atoms with van der Waals surface area (Å²) in [5, 5.41) is 6.31. The van der Waals surface area contributed by atoms with Crippen LogP contribution in [0.3, 0.4) is 0 Å². The first-order valence-corrected chi connectivity index (χ1v) is 8.21. The van der Waals surface area contributed by atoms with Gasteiger partial charge in [-0.05, 0) is 55.8 Å². The summed E-state index contributed by atoms with van der Waals surface area (Å²) in [6.07, 6.45) is 4.97. The van der Waals surface area contributed by atoms with Gasteiger partial charge in [0.15, 0.2) is 0 Å². The van der Waals surface area contributed by atoms with Crippen LogP contribution in [0.25, 0.3) is 0 Å². The third kappa shape index (κ3) is 3.61. The number of hydrogen-bond acceptors (Lipinski definition) is 2. The van der Waals surface area contributed by atoms with Gasteiger partial charge >= 0.3 is 0 Å². The van der Waals surface area contributed by atoms with Crippen molar-refractivity contribution >= 4 is 21.8 Å². The summed E-state index contributed by atoms with van der Waals surface area (Å²) < 4.78 is 1.11. The lowest BCUT2D eigenvalue weighted by Gasteiger charge is -2.17. The van der Waals surface area contributed by atoms with E-state index in [0.29, 0.717) is 6.54 Å². The maximum absolute atomic E-state index is 11.8. The molecule has 108 valence electrons. The highest BCUT2D eigenvalue weighted by Gasteiger charge is 2.44. The largest absolute Gasteiger partial charge is 0.354 e. The second kappa shape index (κ2) is 5.86. The highest BCUT2D eigenvalue weighted by Crippen LogP contribution is 2.48. The lowest BCUT2D eigenvalue weighted by Crippen LogP contribution is -2.38. The Balaban J connectivity index is 1.46. The summed E-state index contributed by atoms with van der Waals surface area (Å²) >= 11 is 3.52. The van der Waals surface area contributed by atoms with Crippen molar-refractivity contribution < 1.29 is 4.79 Å². The van der Waals surface area contributed by atoms with Crippen LogP contribution in [0.1, 0.15) is 31.2 Å². The van der Waals surface area contributed by atoms with Crippen molar-refractivity contribution in [3.63, 3.8) is 0 Å². The number of benzene rings is 1. The van der Waals surface area contributed by atoms with E-state index in [1.807, 2.05) is 6.07 Å². The van der Waals surface area contributed by atoms with Crippen LogP contribution in [0, 0.1) is 5.92 Å². The second-order valence-electron chi connectivity index (χ2n) is 6.14. The van der Waals surface area contributed by atoms with Crippen LogP contribution in [-0.4, -0.2) is 25.5 Å². The molecule has 0 aliphatic heterocycles. The Hall–Kier alpha value is -0.870. The van der Waals surface area contributed by atoms with Crippen LogP contribution >= 0.6 is 15.9 Å². The fourth-order valence-electron chi connectivity index (χ4n) is 2.58. The van der Waals surface area contributed by atoms with Gasteiger partial charge in [0.05, 0.1) is 6.54 Å². The quantitative estimate of drug-likeness (QED) is 0.803. The van der Waals surface area contributed by atoms with Gasteiger partial charge in [0.25, 0.3) is 0 Å². The molecule has 1 amide bonds. The Morgan fingerprint density at radius 3 is 2.80 bits per heavy atom. The van der Waals surface area contributed by atoms with E-state index in [0.717, 1.165) is 23.5 Å². The first kappa shape index (κ1) is 14.1. The number of amides is 1. The van der Waals surface area contributed by atoms with Crippen molar-refractivity contribution in [2.24, 2.45) is 5.92 Å². The Labute approximate surface area is 128 Å². The zero-order valence-electron chi connectivity index (χ0n) is 11.6. The highest BCUT2D eigenvalue weighted by atomic mass is 79.9. The van der Waals surface area contributed by atoms with Crippen molar-refractivity contribution in [3.05, 3.63) is 34.3 Å². The third-order valence-electron chi connectivity index (χ3n) is 4.33. The van der Waals surface area contributed by atoms with Gasteiger partial charge < -0.3 is 10.6 Å². The number of carbonyl (C=O) groups is 1. The summed E-state index contributed by atoms with van der Waals surface area (Å²) in [6, 6.07) is 8.44. The minimum absolute atomic E-state index is 0.118. The molecule has 2 aliphatic rings. The molecular formula is C16H21BrN2O. The summed E-state index contributed by atoms with van der Waals surface area (Å²) in [5.74, 6) is 0.936. The first-order chi connectivity index (χ1) is 9.68. The minimum Gasteiger partial charge on any atom is -0.354 e. The number of rotatable bonds is 7. The van der Waals surface area contributed by atoms with Gasteiger partial charge in [-0.15, -0.1) is 0 Å². The second-order valence-corrected chi connectivity index (χ2v) is 7.06. The van der Waals surface area contributed by atoms with Gasteiger partial charge in [-0.25, -0.2) is 0 Å². The molecule has 0 heterocycles. The van der Waals surface area contributed by atoms with E-state index in [2.05, 4.69) is 44.8 Å². The molecule has 2 aliphatic carbocycles. The lowest BCUT2D eigenvalue weighted by atomic mass is 9.96. The topological polar surface area (TPSA) is 41.1 Å². The molecule has 0 aromatic heterocycles. The van der Waals surface area contributed by atoms with Gasteiger partial charge in [0.2, 0.25) is 5.91 Å². The highest BCUT2D eigenvalue weighted by molar-refractivity contribution is 9.10. The summed E-state index contributed by atoms with van der Waals surface area (Å²) in [7, 11) is 0. The SMILES string of the molecule is O=C(CNCC1CC1)NCC1(c2cccc(Br)c2)CC1. The fourth-order valence-corrected chi connectivity index (χ4v) is 2.98. The molecule has 0 atom stereocenters. The van der Waals surface area contributed by atoms with E-state index in [-0.39, 0.29) is 11.3 Å². The maximum Gasteiger partial charge on any atom is 0.233 e. The van der Waals surface area contributed by atoms with E-state index in [9.17, 15) is 4.79 Å². The lowest BCUT2D eigenvalue weighted by molar-refractivity contribution is -0.120. The molecule has 3 nitrogen and oxygen atoms in total. The Kier molecular flexibility index (Phi) is 4.13. The van der Waals surface area contributed by atoms with Gasteiger partial charge in [-0.1, -0.05) is 28.1 Å². The van der Waals surface area contributed by atoms with Crippen LogP contribution in [0.4, 0.5) is 0 Å². The van der Waals surface area contributed by atoms with Crippen molar-refractivity contribution in [2.45, 2.75) is 31.1 Å². The first-order valence-electron chi connectivity index (χ1n) is 7.41. The zero-order chi connectivity index (χ0) is 14.0. The van der Waals surface area contributed by atoms with Crippen molar-refractivity contribution in [3.8, 4) is 0 Å². The predicted molar refractivity (Wildman–Crippen MR) is 83.7 cm³/mol. The molecule has 0 saturated heterocycles. The van der Waals surface area contributed by atoms with Crippen molar-refractivity contribution in [1.29, 1.82) is 0 Å². The van der Waals surface area contributed by atoms with Crippen molar-refractivity contribution in [2.75, 3.05) is 19.6 Å². The molecule has 1 aromatic rings. The van der Waals surface area contributed by atoms with E-state index >= 15 is 0 Å². The molecule has 2 N–H and O–H groups in total. The Bertz CT molecular complexity index is 495. The normalized spacial score (nSPS) is 19.6. The van der Waals surface area contributed by atoms with Crippen molar-refractivity contribution in [1.82, 2.24) is 10.6 Å². The number of halogens is 1. The standard InChI is InChI=1S/C16H21BrN2O/c17-14-3-1-2-13(8-14)16(6-7-16)11-19-15(20)10-18-9-12-4-5-12/h1-3,8,12,18H,4-7,9-11H2,(H,19,20). The molecule has 4 heteroatoms. The van der Waals surface area contributed by atoms with Crippen LogP contribution in [0.2, 0.25) is 0 Å². The zero-order valence-corrected chi connectivity index (χ0v) is 13.2. The average Bonchev–Trinajstić information content (AvgIpc) is 3.32. The summed E-state index contributed by atoms with van der Waals surface area (Å²) in [6.45, 7) is 2.20. The predicted octanol–water partition coefficient (Wildman–Crippen LogP) is 2.60. The molecule has 0 radical (unpaired) electrons. The molecule has 0 unspecified atom stereocenters. The molecule has 0 bridgehead atoms. The van der Waals surface area contributed by atoms with E-state index in [4.69, 9.17) is 0 Å². The molecule has 2 fully saturated rings. The van der Waals surface area contributed by atoms with Gasteiger partial charge in [-0.3, -0.25) is 4.79 Å². The molecule has 2 saturated carbocycles. The number of nitrogens with one attached hydrogen (secondary N) is 2. The molecular weight excluding hydrogens is 316 g/mol. The van der Waals surface area contributed by atoms with Crippen LogP contribution in [-0.2, 0) is 10.2 Å². The molecule has 0 spiro atoms. The van der Waals surface area contributed by atoms with Crippen LogP contribution < -0.4 is 10.6 Å². The smallest absolute Gasteiger partial charge is 0.233 e. The average molecular weight is 337 g/mol. The summed E-state index contributed by atoms with van der Waals surface area (Å²) in [5.41, 5.74) is 1.51. The maximum atomic E-state index is 11.8. The Morgan fingerprint density at radius 1 is 1.35 bits per heavy atom. The van der Waals surface area contributed by atoms with Gasteiger partial charge in [-0.2, -0.15) is 0 Å². The molecule has 3 rings (SSSR count). The monoisotopic (exact) mass is 336 g/mol. The number of hydrogen-bond donors (Lipinski definition) is 2. The fraction of sp³-hybridized carbons (Fsp3) is 0.562. The number of carbonyl (C=O) groups excluding carboxylic acids is 1. The van der Waals surface area contributed by atoms with Gasteiger partial charge in [0.1, 0.15) is 0 Å². The van der Waals surface area contributed by atoms with Crippen LogP contribution in [0.15, 0.2) is 28.7 Å². The van der Waals surface area contributed by atoms with Crippen LogP contribution in [0.5, 0.6) is 0 Å². The molecule has 1 aromatic carbocycles. The Morgan fingerprint density at radius 2 is 2.15 bits per heavy atom. The summed E-state index contributed by atoms with van der Waals surface area (Å²) in [4.78, 5) is 11.8. The van der Waals surface area contributed by atoms with E-state index in [1.54, 1.807) is 0 Å². The van der Waals surface area contributed by atoms with E-state index < -0.39 is 0 Å². The van der Waals surface area contributed by atoms with Gasteiger partial charge in [0, 0.05) is 16.4 Å². The third-order valence-corrected chi connectivity index (χ3v) is 4.82. The minimum atomic E-state index is 0.118. The molecule has 20 heavy (non-hydrogen) atoms. The van der Waals surface area contributed by atoms with E-state index in [1.165, 1.54) is 31.2 Å².